The van der Waals surface area contributed by atoms with Gasteiger partial charge in [-0.3, -0.25) is 4.90 Å². The Morgan fingerprint density at radius 3 is 2.05 bits per heavy atom. The first-order valence-corrected chi connectivity index (χ1v) is 6.54. The van der Waals surface area contributed by atoms with Gasteiger partial charge in [-0.15, -0.1) is 0 Å². The maximum atomic E-state index is 11.8. The predicted octanol–water partition coefficient (Wildman–Crippen LogP) is 0.645. The Balaban J connectivity index is 2.41. The van der Waals surface area contributed by atoms with E-state index in [0.29, 0.717) is 18.7 Å². The van der Waals surface area contributed by atoms with Crippen molar-refractivity contribution in [2.24, 2.45) is 0 Å². The second kappa shape index (κ2) is 5.30. The van der Waals surface area contributed by atoms with E-state index < -0.39 is 11.5 Å². The summed E-state index contributed by atoms with van der Waals surface area (Å²) in [5, 5.41) is 28.9. The Hall–Kier alpha value is -1.79. The van der Waals surface area contributed by atoms with Crippen LogP contribution in [0, 0.1) is 0 Å². The number of likely N-dealkylation sites (N-methyl/N-ethyl adjacent to an activating group) is 1. The molecule has 6 nitrogen and oxygen atoms in total. The molecule has 1 fully saturated rings. The topological polar surface area (TPSA) is 84.2 Å². The summed E-state index contributed by atoms with van der Waals surface area (Å²) >= 11 is 0. The number of aliphatic carboxylic acids is 1. The van der Waals surface area contributed by atoms with E-state index in [1.807, 2.05) is 11.9 Å². The Morgan fingerprint density at radius 2 is 1.60 bits per heavy atom. The van der Waals surface area contributed by atoms with Gasteiger partial charge in [-0.05, 0) is 31.7 Å². The second-order valence-electron chi connectivity index (χ2n) is 5.41. The van der Waals surface area contributed by atoms with Crippen LogP contribution in [-0.2, 0) is 10.3 Å². The minimum Gasteiger partial charge on any atom is -0.508 e. The first-order valence-electron chi connectivity index (χ1n) is 6.54. The average molecular weight is 280 g/mol. The highest BCUT2D eigenvalue weighted by atomic mass is 16.4. The first kappa shape index (κ1) is 14.6. The molecule has 0 amide bonds. The van der Waals surface area contributed by atoms with Crippen molar-refractivity contribution in [2.75, 3.05) is 33.2 Å². The van der Waals surface area contributed by atoms with Crippen molar-refractivity contribution < 1.29 is 20.1 Å². The number of hydrogen-bond acceptors (Lipinski definition) is 5. The fourth-order valence-electron chi connectivity index (χ4n) is 2.57. The van der Waals surface area contributed by atoms with Crippen LogP contribution in [0.4, 0.5) is 0 Å². The highest BCUT2D eigenvalue weighted by molar-refractivity contribution is 5.80. The molecule has 0 spiro atoms. The number of carboxylic acids is 1. The van der Waals surface area contributed by atoms with Gasteiger partial charge in [0.05, 0.1) is 0 Å². The third kappa shape index (κ3) is 2.57. The number of piperazine rings is 1. The fourth-order valence-corrected chi connectivity index (χ4v) is 2.57. The van der Waals surface area contributed by atoms with Crippen molar-refractivity contribution in [3.63, 3.8) is 0 Å². The third-order valence-electron chi connectivity index (χ3n) is 4.02. The summed E-state index contributed by atoms with van der Waals surface area (Å²) < 4.78 is 0. The average Bonchev–Trinajstić information content (AvgIpc) is 2.37. The van der Waals surface area contributed by atoms with Crippen molar-refractivity contribution in [2.45, 2.75) is 12.5 Å². The Labute approximate surface area is 117 Å². The molecule has 1 heterocycles. The van der Waals surface area contributed by atoms with E-state index in [0.717, 1.165) is 13.1 Å². The van der Waals surface area contributed by atoms with Gasteiger partial charge in [0.25, 0.3) is 0 Å². The summed E-state index contributed by atoms with van der Waals surface area (Å²) in [6, 6.07) is 3.98. The lowest BCUT2D eigenvalue weighted by Crippen LogP contribution is -2.56. The lowest BCUT2D eigenvalue weighted by atomic mass is 9.89. The molecule has 1 atom stereocenters. The molecule has 3 N–H and O–H groups in total. The number of phenolic OH excluding ortho intramolecular Hbond substituents is 2. The largest absolute Gasteiger partial charge is 0.508 e. The van der Waals surface area contributed by atoms with Crippen LogP contribution in [0.5, 0.6) is 11.5 Å². The molecule has 0 aliphatic carbocycles. The van der Waals surface area contributed by atoms with Crippen molar-refractivity contribution in [1.82, 2.24) is 9.80 Å². The molecule has 20 heavy (non-hydrogen) atoms. The van der Waals surface area contributed by atoms with Crippen LogP contribution in [0.25, 0.3) is 0 Å². The zero-order valence-electron chi connectivity index (χ0n) is 11.7. The normalized spacial score (nSPS) is 20.5. The SMILES string of the molecule is CN1CCN(C(C)(C(=O)O)c2cc(O)cc(O)c2)CC1. The van der Waals surface area contributed by atoms with E-state index in [4.69, 9.17) is 0 Å². The molecule has 1 saturated heterocycles. The molecule has 110 valence electrons. The number of carboxylic acid groups (broad SMARTS) is 1. The zero-order valence-corrected chi connectivity index (χ0v) is 11.7. The summed E-state index contributed by atoms with van der Waals surface area (Å²) in [6.07, 6.45) is 0. The number of phenols is 2. The van der Waals surface area contributed by atoms with Gasteiger partial charge in [-0.2, -0.15) is 0 Å². The number of rotatable bonds is 3. The van der Waals surface area contributed by atoms with E-state index in [9.17, 15) is 20.1 Å². The van der Waals surface area contributed by atoms with Crippen LogP contribution in [0.2, 0.25) is 0 Å². The number of carbonyl (C=O) groups is 1. The quantitative estimate of drug-likeness (QED) is 0.754. The minimum absolute atomic E-state index is 0.137. The van der Waals surface area contributed by atoms with Gasteiger partial charge in [0.15, 0.2) is 0 Å². The highest BCUT2D eigenvalue weighted by Gasteiger charge is 2.42. The summed E-state index contributed by atoms with van der Waals surface area (Å²) in [5.74, 6) is -1.27. The van der Waals surface area contributed by atoms with E-state index >= 15 is 0 Å². The van der Waals surface area contributed by atoms with Crippen molar-refractivity contribution >= 4 is 5.97 Å². The van der Waals surface area contributed by atoms with Gasteiger partial charge in [0.2, 0.25) is 0 Å². The predicted molar refractivity (Wildman–Crippen MR) is 73.8 cm³/mol. The van der Waals surface area contributed by atoms with Crippen molar-refractivity contribution in [1.29, 1.82) is 0 Å². The number of aromatic hydroxyl groups is 2. The van der Waals surface area contributed by atoms with E-state index in [1.54, 1.807) is 6.92 Å². The standard InChI is InChI=1S/C14H20N2O4/c1-14(13(19)20,16-5-3-15(2)4-6-16)10-7-11(17)9-12(18)8-10/h7-9,17-18H,3-6H2,1-2H3,(H,19,20). The van der Waals surface area contributed by atoms with Gasteiger partial charge in [-0.1, -0.05) is 0 Å². The smallest absolute Gasteiger partial charge is 0.328 e. The maximum absolute atomic E-state index is 11.8. The molecular formula is C14H20N2O4. The number of hydrogen-bond donors (Lipinski definition) is 3. The van der Waals surface area contributed by atoms with Gasteiger partial charge in [0.1, 0.15) is 17.0 Å². The molecule has 1 aliphatic heterocycles. The molecule has 0 aromatic heterocycles. The summed E-state index contributed by atoms with van der Waals surface area (Å²) in [6.45, 7) is 4.42. The minimum atomic E-state index is -1.27. The Bertz CT molecular complexity index is 492. The molecule has 2 rings (SSSR count). The molecular weight excluding hydrogens is 260 g/mol. The van der Waals surface area contributed by atoms with Crippen molar-refractivity contribution in [3.05, 3.63) is 23.8 Å². The Kier molecular flexibility index (Phi) is 3.87. The molecule has 0 radical (unpaired) electrons. The molecule has 1 aromatic rings. The monoisotopic (exact) mass is 280 g/mol. The number of benzene rings is 1. The molecule has 0 bridgehead atoms. The van der Waals surface area contributed by atoms with E-state index in [1.165, 1.54) is 18.2 Å². The summed E-state index contributed by atoms with van der Waals surface area (Å²) in [5.41, 5.74) is -0.885. The van der Waals surface area contributed by atoms with E-state index in [-0.39, 0.29) is 11.5 Å². The Morgan fingerprint density at radius 1 is 1.10 bits per heavy atom. The lowest BCUT2D eigenvalue weighted by molar-refractivity contribution is -0.152. The van der Waals surface area contributed by atoms with Gasteiger partial charge < -0.3 is 20.2 Å². The fraction of sp³-hybridized carbons (Fsp3) is 0.500. The molecule has 0 saturated carbocycles. The summed E-state index contributed by atoms with van der Waals surface area (Å²) in [4.78, 5) is 15.8. The third-order valence-corrected chi connectivity index (χ3v) is 4.02. The number of nitrogens with zero attached hydrogens (tertiary/aromatic N) is 2. The van der Waals surface area contributed by atoms with Gasteiger partial charge in [-0.25, -0.2) is 4.79 Å². The van der Waals surface area contributed by atoms with Crippen LogP contribution in [0.3, 0.4) is 0 Å². The summed E-state index contributed by atoms with van der Waals surface area (Å²) in [7, 11) is 2.00. The first-order chi connectivity index (χ1) is 9.34. The molecule has 6 heteroatoms. The maximum Gasteiger partial charge on any atom is 0.328 e. The molecule has 1 aromatic carbocycles. The van der Waals surface area contributed by atoms with Crippen LogP contribution in [0.15, 0.2) is 18.2 Å². The second-order valence-corrected chi connectivity index (χ2v) is 5.41. The zero-order chi connectivity index (χ0) is 14.9. The van der Waals surface area contributed by atoms with Gasteiger partial charge in [0, 0.05) is 32.2 Å². The van der Waals surface area contributed by atoms with Crippen molar-refractivity contribution in [3.8, 4) is 11.5 Å². The van der Waals surface area contributed by atoms with Crippen LogP contribution in [-0.4, -0.2) is 64.3 Å². The van der Waals surface area contributed by atoms with Gasteiger partial charge >= 0.3 is 5.97 Å². The molecule has 1 unspecified atom stereocenters. The van der Waals surface area contributed by atoms with Crippen LogP contribution < -0.4 is 0 Å². The highest BCUT2D eigenvalue weighted by Crippen LogP contribution is 2.34. The van der Waals surface area contributed by atoms with Crippen LogP contribution >= 0.6 is 0 Å². The molecule has 1 aliphatic rings. The lowest BCUT2D eigenvalue weighted by Gasteiger charge is -2.42. The van der Waals surface area contributed by atoms with E-state index in [2.05, 4.69) is 4.90 Å². The van der Waals surface area contributed by atoms with Crippen LogP contribution in [0.1, 0.15) is 12.5 Å².